The van der Waals surface area contributed by atoms with E-state index in [0.29, 0.717) is 24.3 Å². The molecule has 2 N–H and O–H groups in total. The number of hydrogen-bond donors (Lipinski definition) is 1. The third-order valence-corrected chi connectivity index (χ3v) is 5.29. The van der Waals surface area contributed by atoms with Gasteiger partial charge in [-0.3, -0.25) is 4.79 Å². The van der Waals surface area contributed by atoms with Crippen LogP contribution in [0.5, 0.6) is 0 Å². The molecule has 4 nitrogen and oxygen atoms in total. The molecule has 1 saturated heterocycles. The lowest BCUT2D eigenvalue weighted by atomic mass is 9.95. The van der Waals surface area contributed by atoms with Gasteiger partial charge in [-0.1, -0.05) is 20.3 Å². The molecule has 0 aromatic carbocycles. The van der Waals surface area contributed by atoms with Crippen molar-refractivity contribution in [3.05, 3.63) is 0 Å². The lowest BCUT2D eigenvalue weighted by molar-refractivity contribution is -0.135. The number of rotatable bonds is 6. The zero-order valence-corrected chi connectivity index (χ0v) is 15.6. The predicted octanol–water partition coefficient (Wildman–Crippen LogP) is 2.40. The van der Waals surface area contributed by atoms with Crippen molar-refractivity contribution < 1.29 is 4.79 Å². The van der Waals surface area contributed by atoms with Crippen LogP contribution in [-0.4, -0.2) is 55.0 Å². The fourth-order valence-corrected chi connectivity index (χ4v) is 3.91. The van der Waals surface area contributed by atoms with E-state index in [0.717, 1.165) is 45.6 Å². The van der Waals surface area contributed by atoms with Gasteiger partial charge >= 0.3 is 0 Å². The summed E-state index contributed by atoms with van der Waals surface area (Å²) in [5.74, 6) is 1.70. The first-order chi connectivity index (χ1) is 9.69. The zero-order chi connectivity index (χ0) is 14.5. The number of halogens is 2. The van der Waals surface area contributed by atoms with Crippen LogP contribution in [-0.2, 0) is 4.79 Å². The van der Waals surface area contributed by atoms with Gasteiger partial charge in [0.25, 0.3) is 0 Å². The summed E-state index contributed by atoms with van der Waals surface area (Å²) in [7, 11) is 0. The van der Waals surface area contributed by atoms with Gasteiger partial charge in [-0.15, -0.1) is 24.8 Å². The fourth-order valence-electron chi connectivity index (χ4n) is 3.91. The zero-order valence-electron chi connectivity index (χ0n) is 14.0. The quantitative estimate of drug-likeness (QED) is 0.797. The van der Waals surface area contributed by atoms with Crippen LogP contribution in [0.4, 0.5) is 0 Å². The van der Waals surface area contributed by atoms with Crippen molar-refractivity contribution in [1.82, 2.24) is 9.80 Å². The fraction of sp³-hybridized carbons (Fsp3) is 0.938. The molecule has 3 atom stereocenters. The van der Waals surface area contributed by atoms with E-state index < -0.39 is 0 Å². The van der Waals surface area contributed by atoms with Gasteiger partial charge in [0.05, 0.1) is 0 Å². The van der Waals surface area contributed by atoms with Crippen LogP contribution in [0, 0.1) is 17.8 Å². The number of likely N-dealkylation sites (tertiary alicyclic amines) is 1. The number of carbonyl (C=O) groups excluding carboxylic acids is 1. The van der Waals surface area contributed by atoms with Gasteiger partial charge in [-0.05, 0) is 50.7 Å². The molecule has 2 aliphatic rings. The van der Waals surface area contributed by atoms with E-state index in [4.69, 9.17) is 5.73 Å². The maximum Gasteiger partial charge on any atom is 0.226 e. The number of amides is 1. The first kappa shape index (κ1) is 22.0. The van der Waals surface area contributed by atoms with Gasteiger partial charge in [0.2, 0.25) is 5.91 Å². The minimum atomic E-state index is 0. The molecule has 2 rings (SSSR count). The highest BCUT2D eigenvalue weighted by atomic mass is 35.5. The first-order valence-electron chi connectivity index (χ1n) is 8.40. The Bertz CT molecular complexity index is 327. The summed E-state index contributed by atoms with van der Waals surface area (Å²) in [6.45, 7) is 10.4. The Hall–Kier alpha value is -0.0300. The molecule has 0 bridgehead atoms. The van der Waals surface area contributed by atoms with Crippen LogP contribution >= 0.6 is 24.8 Å². The molecule has 1 amide bonds. The largest absolute Gasteiger partial charge is 0.342 e. The van der Waals surface area contributed by atoms with Gasteiger partial charge in [-0.25, -0.2) is 0 Å². The van der Waals surface area contributed by atoms with E-state index in [9.17, 15) is 4.79 Å². The van der Waals surface area contributed by atoms with Crippen molar-refractivity contribution in [1.29, 1.82) is 0 Å². The average Bonchev–Trinajstić information content (AvgIpc) is 3.12. The molecule has 1 aliphatic heterocycles. The minimum Gasteiger partial charge on any atom is -0.342 e. The molecule has 0 aromatic heterocycles. The molecule has 1 unspecified atom stereocenters. The van der Waals surface area contributed by atoms with Crippen LogP contribution in [0.2, 0.25) is 0 Å². The molecule has 2 fully saturated rings. The lowest BCUT2D eigenvalue weighted by Crippen LogP contribution is -2.38. The van der Waals surface area contributed by atoms with E-state index in [1.54, 1.807) is 0 Å². The van der Waals surface area contributed by atoms with Crippen molar-refractivity contribution >= 4 is 30.7 Å². The summed E-state index contributed by atoms with van der Waals surface area (Å²) < 4.78 is 0. The summed E-state index contributed by atoms with van der Waals surface area (Å²) in [6, 6.07) is 0. The van der Waals surface area contributed by atoms with Gasteiger partial charge in [0, 0.05) is 25.6 Å². The van der Waals surface area contributed by atoms with Crippen molar-refractivity contribution in [2.24, 2.45) is 23.5 Å². The highest BCUT2D eigenvalue weighted by Crippen LogP contribution is 2.33. The lowest BCUT2D eigenvalue weighted by Gasteiger charge is -2.25. The number of nitrogens with two attached hydrogens (primary N) is 1. The summed E-state index contributed by atoms with van der Waals surface area (Å²) in [6.07, 6.45) is 4.54. The smallest absolute Gasteiger partial charge is 0.226 e. The summed E-state index contributed by atoms with van der Waals surface area (Å²) in [4.78, 5) is 17.2. The topological polar surface area (TPSA) is 49.6 Å². The molecule has 1 heterocycles. The third-order valence-electron chi connectivity index (χ3n) is 5.29. The van der Waals surface area contributed by atoms with Gasteiger partial charge in [-0.2, -0.15) is 0 Å². The highest BCUT2D eigenvalue weighted by Gasteiger charge is 2.37. The highest BCUT2D eigenvalue weighted by molar-refractivity contribution is 5.85. The second-order valence-electron chi connectivity index (χ2n) is 6.46. The molecular weight excluding hydrogens is 321 g/mol. The Morgan fingerprint density at radius 1 is 1.18 bits per heavy atom. The molecule has 132 valence electrons. The van der Waals surface area contributed by atoms with Crippen LogP contribution in [0.3, 0.4) is 0 Å². The molecular formula is C16H33Cl2N3O. The second-order valence-corrected chi connectivity index (χ2v) is 6.46. The van der Waals surface area contributed by atoms with Gasteiger partial charge in [0.15, 0.2) is 0 Å². The van der Waals surface area contributed by atoms with Crippen molar-refractivity contribution in [3.63, 3.8) is 0 Å². The normalized spacial score (nSPS) is 27.6. The standard InChI is InChI=1S/C16H31N3O.2ClH/c1-3-18(4-2)11-13-8-9-19(12-13)16(20)15-7-5-6-14(15)10-17;;/h13-15H,3-12,17H2,1-2H3;2*1H/t13?,14-,15-;;/m1../s1. The molecule has 0 spiro atoms. The van der Waals surface area contributed by atoms with Crippen LogP contribution in [0.15, 0.2) is 0 Å². The van der Waals surface area contributed by atoms with E-state index in [1.165, 1.54) is 12.8 Å². The maximum atomic E-state index is 12.6. The van der Waals surface area contributed by atoms with E-state index >= 15 is 0 Å². The van der Waals surface area contributed by atoms with E-state index in [2.05, 4.69) is 23.6 Å². The first-order valence-corrected chi connectivity index (χ1v) is 8.40. The Morgan fingerprint density at radius 2 is 1.86 bits per heavy atom. The van der Waals surface area contributed by atoms with E-state index in [1.807, 2.05) is 0 Å². The molecule has 6 heteroatoms. The molecule has 1 saturated carbocycles. The Kier molecular flexibility index (Phi) is 10.7. The summed E-state index contributed by atoms with van der Waals surface area (Å²) in [5, 5.41) is 0. The summed E-state index contributed by atoms with van der Waals surface area (Å²) in [5.41, 5.74) is 5.81. The number of nitrogens with zero attached hydrogens (tertiary/aromatic N) is 2. The molecule has 22 heavy (non-hydrogen) atoms. The van der Waals surface area contributed by atoms with Crippen molar-refractivity contribution in [3.8, 4) is 0 Å². The minimum absolute atomic E-state index is 0. The van der Waals surface area contributed by atoms with Crippen LogP contribution in [0.1, 0.15) is 39.5 Å². The number of carbonyl (C=O) groups is 1. The van der Waals surface area contributed by atoms with Crippen LogP contribution < -0.4 is 5.73 Å². The number of hydrogen-bond acceptors (Lipinski definition) is 3. The van der Waals surface area contributed by atoms with Gasteiger partial charge in [0.1, 0.15) is 0 Å². The summed E-state index contributed by atoms with van der Waals surface area (Å²) >= 11 is 0. The van der Waals surface area contributed by atoms with Crippen molar-refractivity contribution in [2.45, 2.75) is 39.5 Å². The average molecular weight is 354 g/mol. The molecule has 0 aromatic rings. The Labute approximate surface area is 148 Å². The third kappa shape index (κ3) is 5.26. The second kappa shape index (κ2) is 10.7. The van der Waals surface area contributed by atoms with E-state index in [-0.39, 0.29) is 30.7 Å². The monoisotopic (exact) mass is 353 g/mol. The SMILES string of the molecule is CCN(CC)CC1CCN(C(=O)[C@@H]2CCC[C@@H]2CN)C1.Cl.Cl. The Balaban J connectivity index is 0.00000220. The predicted molar refractivity (Wildman–Crippen MR) is 96.9 cm³/mol. The van der Waals surface area contributed by atoms with Crippen molar-refractivity contribution in [2.75, 3.05) is 39.3 Å². The van der Waals surface area contributed by atoms with Crippen LogP contribution in [0.25, 0.3) is 0 Å². The molecule has 0 radical (unpaired) electrons. The Morgan fingerprint density at radius 3 is 2.45 bits per heavy atom. The molecule has 1 aliphatic carbocycles. The van der Waals surface area contributed by atoms with Gasteiger partial charge < -0.3 is 15.5 Å². The maximum absolute atomic E-state index is 12.6.